The summed E-state index contributed by atoms with van der Waals surface area (Å²) in [5.41, 5.74) is 0.890. The van der Waals surface area contributed by atoms with Crippen LogP contribution in [0.1, 0.15) is 22.0 Å². The highest BCUT2D eigenvalue weighted by Crippen LogP contribution is 2.12. The molecule has 0 aromatic heterocycles. The van der Waals surface area contributed by atoms with Crippen LogP contribution in [0, 0.1) is 0 Å². The van der Waals surface area contributed by atoms with E-state index in [0.717, 1.165) is 0 Å². The molecule has 0 aliphatic heterocycles. The van der Waals surface area contributed by atoms with E-state index in [1.165, 1.54) is 0 Å². The second kappa shape index (κ2) is 7.74. The highest BCUT2D eigenvalue weighted by molar-refractivity contribution is 5.96. The maximum atomic E-state index is 11.9. The summed E-state index contributed by atoms with van der Waals surface area (Å²) >= 11 is 0. The lowest BCUT2D eigenvalue weighted by Crippen LogP contribution is -2.41. The number of amides is 2. The molecule has 0 saturated carbocycles. The van der Waals surface area contributed by atoms with Crippen molar-refractivity contribution in [3.8, 4) is 0 Å². The fourth-order valence-corrected chi connectivity index (χ4v) is 2.00. The molecule has 0 heterocycles. The number of benzene rings is 2. The van der Waals surface area contributed by atoms with Crippen LogP contribution in [0.4, 0.5) is 0 Å². The van der Waals surface area contributed by atoms with Crippen molar-refractivity contribution >= 4 is 17.8 Å². The molecule has 0 saturated heterocycles. The lowest BCUT2D eigenvalue weighted by Gasteiger charge is -2.15. The van der Waals surface area contributed by atoms with Crippen LogP contribution in [0.5, 0.6) is 0 Å². The molecular formula is C17H16N2O4. The van der Waals surface area contributed by atoms with Crippen molar-refractivity contribution < 1.29 is 19.5 Å². The standard InChI is InChI=1S/C17H16N2O4/c20-14(11-18-16(21)13-9-5-2-6-10-13)19-15(17(22)23)12-7-3-1-4-8-12/h1-10,15H,11H2,(H,18,21)(H,19,20)(H,22,23). The zero-order valence-corrected chi connectivity index (χ0v) is 12.2. The van der Waals surface area contributed by atoms with E-state index in [1.807, 2.05) is 0 Å². The highest BCUT2D eigenvalue weighted by atomic mass is 16.4. The molecule has 6 heteroatoms. The van der Waals surface area contributed by atoms with E-state index < -0.39 is 23.8 Å². The second-order valence-corrected chi connectivity index (χ2v) is 4.80. The number of aliphatic carboxylic acids is 1. The van der Waals surface area contributed by atoms with Crippen LogP contribution in [0.3, 0.4) is 0 Å². The van der Waals surface area contributed by atoms with Crippen molar-refractivity contribution in [2.75, 3.05) is 6.54 Å². The van der Waals surface area contributed by atoms with Crippen LogP contribution in [0.2, 0.25) is 0 Å². The van der Waals surface area contributed by atoms with Crippen LogP contribution in [-0.2, 0) is 9.59 Å². The van der Waals surface area contributed by atoms with E-state index in [4.69, 9.17) is 0 Å². The predicted octanol–water partition coefficient (Wildman–Crippen LogP) is 1.36. The monoisotopic (exact) mass is 312 g/mol. The largest absolute Gasteiger partial charge is 0.479 e. The molecule has 1 unspecified atom stereocenters. The Labute approximate surface area is 133 Å². The predicted molar refractivity (Wildman–Crippen MR) is 83.7 cm³/mol. The number of carbonyl (C=O) groups excluding carboxylic acids is 2. The van der Waals surface area contributed by atoms with E-state index in [9.17, 15) is 19.5 Å². The van der Waals surface area contributed by atoms with Gasteiger partial charge in [0, 0.05) is 5.56 Å². The van der Waals surface area contributed by atoms with Gasteiger partial charge in [-0.1, -0.05) is 48.5 Å². The molecule has 23 heavy (non-hydrogen) atoms. The van der Waals surface area contributed by atoms with Gasteiger partial charge >= 0.3 is 5.97 Å². The summed E-state index contributed by atoms with van der Waals surface area (Å²) in [5, 5.41) is 14.1. The van der Waals surface area contributed by atoms with Crippen LogP contribution < -0.4 is 10.6 Å². The first-order valence-corrected chi connectivity index (χ1v) is 6.98. The van der Waals surface area contributed by atoms with E-state index in [-0.39, 0.29) is 6.54 Å². The van der Waals surface area contributed by atoms with Crippen LogP contribution in [0.15, 0.2) is 60.7 Å². The third kappa shape index (κ3) is 4.67. The maximum absolute atomic E-state index is 11.9. The Morgan fingerprint density at radius 3 is 2.04 bits per heavy atom. The summed E-state index contributed by atoms with van der Waals surface area (Å²) in [7, 11) is 0. The molecule has 0 aliphatic carbocycles. The number of carbonyl (C=O) groups is 3. The quantitative estimate of drug-likeness (QED) is 0.750. The van der Waals surface area contributed by atoms with Crippen LogP contribution in [0.25, 0.3) is 0 Å². The number of hydrogen-bond donors (Lipinski definition) is 3. The first kappa shape index (κ1) is 16.2. The van der Waals surface area contributed by atoms with Crippen LogP contribution in [-0.4, -0.2) is 29.4 Å². The van der Waals surface area contributed by atoms with Gasteiger partial charge in [-0.15, -0.1) is 0 Å². The molecule has 0 spiro atoms. The van der Waals surface area contributed by atoms with Gasteiger partial charge in [-0.25, -0.2) is 4.79 Å². The Hall–Kier alpha value is -3.15. The molecule has 6 nitrogen and oxygen atoms in total. The number of carboxylic acids is 1. The lowest BCUT2D eigenvalue weighted by molar-refractivity contribution is -0.141. The molecule has 2 aromatic carbocycles. The molecule has 0 radical (unpaired) electrons. The minimum absolute atomic E-state index is 0.301. The van der Waals surface area contributed by atoms with Gasteiger partial charge in [-0.05, 0) is 17.7 Å². The van der Waals surface area contributed by atoms with Crippen molar-refractivity contribution in [1.82, 2.24) is 10.6 Å². The highest BCUT2D eigenvalue weighted by Gasteiger charge is 2.21. The summed E-state index contributed by atoms with van der Waals surface area (Å²) in [6.07, 6.45) is 0. The van der Waals surface area contributed by atoms with Gasteiger partial charge in [0.05, 0.1) is 6.54 Å². The van der Waals surface area contributed by atoms with Gasteiger partial charge in [0.15, 0.2) is 6.04 Å². The molecular weight excluding hydrogens is 296 g/mol. The fourth-order valence-electron chi connectivity index (χ4n) is 2.00. The first-order chi connectivity index (χ1) is 11.1. The van der Waals surface area contributed by atoms with Crippen molar-refractivity contribution in [2.45, 2.75) is 6.04 Å². The van der Waals surface area contributed by atoms with Gasteiger partial charge < -0.3 is 15.7 Å². The number of hydrogen-bond acceptors (Lipinski definition) is 3. The molecule has 2 rings (SSSR count). The van der Waals surface area contributed by atoms with Crippen molar-refractivity contribution in [3.63, 3.8) is 0 Å². The Balaban J connectivity index is 1.93. The number of carboxylic acid groups (broad SMARTS) is 1. The molecule has 0 bridgehead atoms. The Morgan fingerprint density at radius 2 is 1.48 bits per heavy atom. The number of nitrogens with one attached hydrogen (secondary N) is 2. The topological polar surface area (TPSA) is 95.5 Å². The van der Waals surface area contributed by atoms with Gasteiger partial charge in [-0.2, -0.15) is 0 Å². The Kier molecular flexibility index (Phi) is 5.46. The molecule has 1 atom stereocenters. The molecule has 0 aliphatic rings. The second-order valence-electron chi connectivity index (χ2n) is 4.80. The van der Waals surface area contributed by atoms with Crippen LogP contribution >= 0.6 is 0 Å². The number of rotatable bonds is 6. The van der Waals surface area contributed by atoms with Crippen molar-refractivity contribution in [1.29, 1.82) is 0 Å². The summed E-state index contributed by atoms with van der Waals surface area (Å²) in [5.74, 6) is -2.14. The Bertz CT molecular complexity index is 686. The van der Waals surface area contributed by atoms with E-state index in [0.29, 0.717) is 11.1 Å². The van der Waals surface area contributed by atoms with Gasteiger partial charge in [-0.3, -0.25) is 9.59 Å². The maximum Gasteiger partial charge on any atom is 0.330 e. The average Bonchev–Trinajstić information content (AvgIpc) is 2.58. The smallest absolute Gasteiger partial charge is 0.330 e. The molecule has 2 amide bonds. The third-order valence-electron chi connectivity index (χ3n) is 3.13. The Morgan fingerprint density at radius 1 is 0.913 bits per heavy atom. The van der Waals surface area contributed by atoms with Crippen molar-refractivity contribution in [3.05, 3.63) is 71.8 Å². The first-order valence-electron chi connectivity index (χ1n) is 6.98. The van der Waals surface area contributed by atoms with Gasteiger partial charge in [0.1, 0.15) is 0 Å². The zero-order valence-electron chi connectivity index (χ0n) is 12.2. The van der Waals surface area contributed by atoms with Gasteiger partial charge in [0.25, 0.3) is 5.91 Å². The molecule has 0 fully saturated rings. The molecule has 3 N–H and O–H groups in total. The summed E-state index contributed by atoms with van der Waals surface area (Å²) < 4.78 is 0. The van der Waals surface area contributed by atoms with E-state index in [1.54, 1.807) is 60.7 Å². The summed E-state index contributed by atoms with van der Waals surface area (Å²) in [4.78, 5) is 35.0. The lowest BCUT2D eigenvalue weighted by atomic mass is 10.1. The zero-order chi connectivity index (χ0) is 16.7. The summed E-state index contributed by atoms with van der Waals surface area (Å²) in [6, 6.07) is 15.7. The SMILES string of the molecule is O=C(CNC(=O)c1ccccc1)NC(C(=O)O)c1ccccc1. The van der Waals surface area contributed by atoms with Gasteiger partial charge in [0.2, 0.25) is 5.91 Å². The average molecular weight is 312 g/mol. The minimum atomic E-state index is -1.17. The fraction of sp³-hybridized carbons (Fsp3) is 0.118. The van der Waals surface area contributed by atoms with E-state index >= 15 is 0 Å². The third-order valence-corrected chi connectivity index (χ3v) is 3.13. The van der Waals surface area contributed by atoms with E-state index in [2.05, 4.69) is 10.6 Å². The van der Waals surface area contributed by atoms with Crippen molar-refractivity contribution in [2.24, 2.45) is 0 Å². The normalized spacial score (nSPS) is 11.3. The summed E-state index contributed by atoms with van der Waals surface area (Å²) in [6.45, 7) is -0.301. The molecule has 2 aromatic rings. The minimum Gasteiger partial charge on any atom is -0.479 e. The molecule has 118 valence electrons.